The van der Waals surface area contributed by atoms with E-state index in [0.29, 0.717) is 0 Å². The van der Waals surface area contributed by atoms with Crippen molar-refractivity contribution < 1.29 is 31.1 Å². The number of aromatic amines is 1. The number of hydrogen-bond acceptors (Lipinski definition) is 5. The summed E-state index contributed by atoms with van der Waals surface area (Å²) in [6.45, 7) is 1.67. The molecule has 0 aliphatic heterocycles. The number of thiocarbonyl (C=S) groups is 1. The highest BCUT2D eigenvalue weighted by atomic mass is 32.2. The minimum absolute atomic E-state index is 0.822. The van der Waals surface area contributed by atoms with E-state index in [-0.39, 0.29) is 0 Å². The lowest BCUT2D eigenvalue weighted by Crippen LogP contribution is -2.38. The number of rotatable bonds is 4. The Bertz CT molecular complexity index is 1150. The molecule has 1 aromatic heterocycles. The molecule has 0 unspecified atom stereocenters. The molecule has 0 radical (unpaired) electrons. The zero-order chi connectivity index (χ0) is 24.1. The van der Waals surface area contributed by atoms with Crippen molar-refractivity contribution in [2.75, 3.05) is 39.5 Å². The van der Waals surface area contributed by atoms with Crippen molar-refractivity contribution in [3.63, 3.8) is 0 Å². The third kappa shape index (κ3) is 6.40. The number of para-hydroxylation sites is 2. The zero-order valence-electron chi connectivity index (χ0n) is 17.6. The van der Waals surface area contributed by atoms with Crippen LogP contribution in [-0.4, -0.2) is 67.6 Å². The third-order valence-electron chi connectivity index (χ3n) is 4.40. The second-order valence-corrected chi connectivity index (χ2v) is 8.75. The average molecular weight is 489 g/mol. The Morgan fingerprint density at radius 3 is 1.88 bits per heavy atom. The van der Waals surface area contributed by atoms with Crippen molar-refractivity contribution in [3.8, 4) is 0 Å². The van der Waals surface area contributed by atoms with Gasteiger partial charge in [0, 0.05) is 46.4 Å². The van der Waals surface area contributed by atoms with Crippen LogP contribution in [0.3, 0.4) is 0 Å². The van der Waals surface area contributed by atoms with E-state index in [9.17, 15) is 13.2 Å². The number of likely N-dealkylation sites (N-methyl/N-ethyl adjacent to an activating group) is 1. The van der Waals surface area contributed by atoms with Crippen molar-refractivity contribution in [1.82, 2.24) is 9.80 Å². The molecule has 2 N–H and O–H groups in total. The fourth-order valence-corrected chi connectivity index (χ4v) is 2.98. The van der Waals surface area contributed by atoms with Gasteiger partial charge in [0.05, 0.1) is 16.5 Å². The van der Waals surface area contributed by atoms with Crippen LogP contribution in [0.25, 0.3) is 21.8 Å². The van der Waals surface area contributed by atoms with Gasteiger partial charge in [-0.3, -0.25) is 0 Å². The van der Waals surface area contributed by atoms with Crippen molar-refractivity contribution >= 4 is 54.9 Å². The molecule has 32 heavy (non-hydrogen) atoms. The van der Waals surface area contributed by atoms with E-state index >= 15 is 0 Å². The van der Waals surface area contributed by atoms with E-state index in [2.05, 4.69) is 63.7 Å². The summed E-state index contributed by atoms with van der Waals surface area (Å²) in [7, 11) is -0.118. The maximum atomic E-state index is 10.7. The standard InChI is InChI=1S/C19H22N4S.CHF3O3S/c1-22(2)19(24)23(3)13-12-20-18-14-8-4-6-10-16(14)21-17-11-7-5-9-15(17)18;2-1(3,4)8(5,6)7/h4-11H,12-13H2,1-3H3,(H,20,21);(H,5,6,7). The quantitative estimate of drug-likeness (QED) is 0.261. The maximum absolute atomic E-state index is 10.7. The lowest BCUT2D eigenvalue weighted by atomic mass is 10.1. The molecular formula is C20H23F3N4O3S2. The van der Waals surface area contributed by atoms with E-state index in [1.54, 1.807) is 0 Å². The number of anilines is 1. The first kappa shape index (κ1) is 25.6. The fourth-order valence-electron chi connectivity index (χ4n) is 2.89. The van der Waals surface area contributed by atoms with Gasteiger partial charge in [-0.2, -0.15) is 13.2 Å². The predicted octanol–water partition coefficient (Wildman–Crippen LogP) is 3.05. The molecule has 2 aromatic carbocycles. The van der Waals surface area contributed by atoms with Crippen LogP contribution in [0.5, 0.6) is 0 Å². The monoisotopic (exact) mass is 488 g/mol. The van der Waals surface area contributed by atoms with Crippen LogP contribution >= 0.6 is 12.2 Å². The second kappa shape index (κ2) is 10.3. The SMILES string of the molecule is CN(C)C(=S)N(C)CCNc1c2ccccc2[nH+]c2ccccc12.O=S(=O)([O-])C(F)(F)F. The number of alkyl halides is 3. The van der Waals surface area contributed by atoms with Gasteiger partial charge in [-0.1, -0.05) is 24.3 Å². The molecule has 3 rings (SSSR count). The number of pyridine rings is 1. The van der Waals surface area contributed by atoms with Crippen molar-refractivity contribution in [2.24, 2.45) is 0 Å². The molecule has 0 fully saturated rings. The highest BCUT2D eigenvalue weighted by Gasteiger charge is 2.36. The minimum atomic E-state index is -6.09. The first-order valence-corrected chi connectivity index (χ1v) is 11.2. The van der Waals surface area contributed by atoms with E-state index in [4.69, 9.17) is 25.2 Å². The minimum Gasteiger partial charge on any atom is -0.741 e. The number of H-pyrrole nitrogens is 1. The second-order valence-electron chi connectivity index (χ2n) is 7.02. The van der Waals surface area contributed by atoms with E-state index in [0.717, 1.165) is 29.2 Å². The fraction of sp³-hybridized carbons (Fsp3) is 0.300. The highest BCUT2D eigenvalue weighted by molar-refractivity contribution is 7.86. The Labute approximate surface area is 189 Å². The topological polar surface area (TPSA) is 89.8 Å². The maximum Gasteiger partial charge on any atom is 0.485 e. The average Bonchev–Trinajstić information content (AvgIpc) is 2.71. The van der Waals surface area contributed by atoms with Gasteiger partial charge in [0.1, 0.15) is 0 Å². The lowest BCUT2D eigenvalue weighted by Gasteiger charge is -2.25. The predicted molar refractivity (Wildman–Crippen MR) is 121 cm³/mol. The molecule has 0 amide bonds. The highest BCUT2D eigenvalue weighted by Crippen LogP contribution is 2.28. The summed E-state index contributed by atoms with van der Waals surface area (Å²) >= 11 is 5.40. The largest absolute Gasteiger partial charge is 0.741 e. The summed E-state index contributed by atoms with van der Waals surface area (Å²) < 4.78 is 58.9. The Hall–Kier alpha value is -2.70. The summed E-state index contributed by atoms with van der Waals surface area (Å²) in [5, 5.41) is 6.86. The Balaban J connectivity index is 0.000000390. The van der Waals surface area contributed by atoms with E-state index in [1.165, 1.54) is 16.5 Å². The first-order chi connectivity index (χ1) is 14.8. The van der Waals surface area contributed by atoms with Crippen LogP contribution in [0.4, 0.5) is 18.9 Å². The van der Waals surface area contributed by atoms with Gasteiger partial charge in [-0.25, -0.2) is 13.4 Å². The van der Waals surface area contributed by atoms with Crippen LogP contribution in [0.2, 0.25) is 0 Å². The van der Waals surface area contributed by atoms with Gasteiger partial charge < -0.3 is 19.7 Å². The number of nitrogens with zero attached hydrogens (tertiary/aromatic N) is 2. The smallest absolute Gasteiger partial charge is 0.485 e. The number of nitrogens with one attached hydrogen (secondary N) is 2. The number of aromatic nitrogens is 1. The summed E-state index contributed by atoms with van der Waals surface area (Å²) in [5.41, 5.74) is -2.21. The van der Waals surface area contributed by atoms with Gasteiger partial charge in [0.15, 0.2) is 15.2 Å². The van der Waals surface area contributed by atoms with Crippen LogP contribution in [0.15, 0.2) is 48.5 Å². The molecule has 0 saturated carbocycles. The van der Waals surface area contributed by atoms with Crippen LogP contribution in [0, 0.1) is 0 Å². The van der Waals surface area contributed by atoms with Gasteiger partial charge in [0.2, 0.25) is 11.0 Å². The molecular weight excluding hydrogens is 465 g/mol. The van der Waals surface area contributed by atoms with Gasteiger partial charge in [-0.15, -0.1) is 0 Å². The third-order valence-corrected chi connectivity index (χ3v) is 5.65. The first-order valence-electron chi connectivity index (χ1n) is 9.34. The number of fused-ring (bicyclic) bond motifs is 2. The summed E-state index contributed by atoms with van der Waals surface area (Å²) in [5.74, 6) is 0. The summed E-state index contributed by atoms with van der Waals surface area (Å²) in [4.78, 5) is 7.55. The van der Waals surface area contributed by atoms with Crippen molar-refractivity contribution in [1.29, 1.82) is 0 Å². The molecule has 0 saturated heterocycles. The number of benzene rings is 2. The van der Waals surface area contributed by atoms with Gasteiger partial charge >= 0.3 is 5.51 Å². The lowest BCUT2D eigenvalue weighted by molar-refractivity contribution is -0.310. The van der Waals surface area contributed by atoms with Gasteiger partial charge in [-0.05, 0) is 24.4 Å². The van der Waals surface area contributed by atoms with Crippen molar-refractivity contribution in [2.45, 2.75) is 5.51 Å². The van der Waals surface area contributed by atoms with Crippen molar-refractivity contribution in [3.05, 3.63) is 48.5 Å². The van der Waals surface area contributed by atoms with E-state index in [1.807, 2.05) is 26.0 Å². The Morgan fingerprint density at radius 2 is 1.47 bits per heavy atom. The van der Waals surface area contributed by atoms with Gasteiger partial charge in [0.25, 0.3) is 0 Å². The molecule has 1 heterocycles. The van der Waals surface area contributed by atoms with Crippen LogP contribution in [0.1, 0.15) is 0 Å². The summed E-state index contributed by atoms with van der Waals surface area (Å²) in [6, 6.07) is 16.8. The molecule has 0 aliphatic rings. The Kier molecular flexibility index (Phi) is 8.21. The number of halogens is 3. The molecule has 3 aromatic rings. The molecule has 7 nitrogen and oxygen atoms in total. The molecule has 174 valence electrons. The zero-order valence-corrected chi connectivity index (χ0v) is 19.2. The molecule has 0 aliphatic carbocycles. The molecule has 0 bridgehead atoms. The normalized spacial score (nSPS) is 11.6. The molecule has 0 spiro atoms. The van der Waals surface area contributed by atoms with E-state index < -0.39 is 15.6 Å². The number of hydrogen-bond donors (Lipinski definition) is 1. The molecule has 12 heteroatoms. The van der Waals surface area contributed by atoms with Crippen LogP contribution < -0.4 is 10.3 Å². The molecule has 0 atom stereocenters. The Morgan fingerprint density at radius 1 is 1.03 bits per heavy atom. The van der Waals surface area contributed by atoms with Crippen LogP contribution in [-0.2, 0) is 10.1 Å². The summed E-state index contributed by atoms with van der Waals surface area (Å²) in [6.07, 6.45) is 0.